The van der Waals surface area contributed by atoms with Gasteiger partial charge in [0.25, 0.3) is 0 Å². The van der Waals surface area contributed by atoms with E-state index in [9.17, 15) is 8.78 Å². The second-order valence-corrected chi connectivity index (χ2v) is 7.35. The molecule has 0 spiro atoms. The first-order valence-electron chi connectivity index (χ1n) is 10.2. The van der Waals surface area contributed by atoms with Crippen LogP contribution < -0.4 is 9.47 Å². The summed E-state index contributed by atoms with van der Waals surface area (Å²) in [5.74, 6) is 0.428. The van der Waals surface area contributed by atoms with E-state index in [1.54, 1.807) is 18.3 Å². The second-order valence-electron chi connectivity index (χ2n) is 7.35. The standard InChI is InChI=1S/C23H25F2N3O2/c1-2-29-22-14-18(6-11-21(22)30-23(24)25)16-27(19-9-10-19)15-17-4-7-20(8-5-17)28-13-3-12-26-28/h3-8,11-14,19,23H,2,9-10,15-16H2,1H3. The first-order chi connectivity index (χ1) is 14.6. The average Bonchev–Trinajstić information content (AvgIpc) is 3.44. The first-order valence-corrected chi connectivity index (χ1v) is 10.2. The Labute approximate surface area is 174 Å². The Morgan fingerprint density at radius 1 is 1.07 bits per heavy atom. The molecule has 1 aliphatic carbocycles. The van der Waals surface area contributed by atoms with Crippen molar-refractivity contribution in [1.29, 1.82) is 0 Å². The average molecular weight is 413 g/mol. The lowest BCUT2D eigenvalue weighted by molar-refractivity contribution is -0.0514. The number of benzene rings is 2. The fraction of sp³-hybridized carbons (Fsp3) is 0.348. The molecule has 1 fully saturated rings. The molecule has 0 saturated heterocycles. The summed E-state index contributed by atoms with van der Waals surface area (Å²) >= 11 is 0. The first kappa shape index (κ1) is 20.3. The number of ether oxygens (including phenoxy) is 2. The van der Waals surface area contributed by atoms with Crippen LogP contribution in [0, 0.1) is 0 Å². The topological polar surface area (TPSA) is 39.5 Å². The van der Waals surface area contributed by atoms with Gasteiger partial charge in [-0.05, 0) is 61.2 Å². The fourth-order valence-electron chi connectivity index (χ4n) is 3.51. The van der Waals surface area contributed by atoms with Crippen molar-refractivity contribution in [1.82, 2.24) is 14.7 Å². The van der Waals surface area contributed by atoms with Gasteiger partial charge in [0.2, 0.25) is 0 Å². The maximum atomic E-state index is 12.6. The van der Waals surface area contributed by atoms with Crippen molar-refractivity contribution in [3.8, 4) is 17.2 Å². The highest BCUT2D eigenvalue weighted by atomic mass is 19.3. The molecule has 0 amide bonds. The summed E-state index contributed by atoms with van der Waals surface area (Å²) in [6.07, 6.45) is 6.03. The molecule has 0 bridgehead atoms. The molecule has 1 aromatic heterocycles. The minimum atomic E-state index is -2.87. The summed E-state index contributed by atoms with van der Waals surface area (Å²) in [5.41, 5.74) is 3.26. The van der Waals surface area contributed by atoms with Crippen LogP contribution >= 0.6 is 0 Å². The molecule has 3 aromatic rings. The number of alkyl halides is 2. The van der Waals surface area contributed by atoms with E-state index in [0.29, 0.717) is 18.4 Å². The minimum Gasteiger partial charge on any atom is -0.490 e. The number of halogens is 2. The monoisotopic (exact) mass is 413 g/mol. The molecule has 1 saturated carbocycles. The van der Waals surface area contributed by atoms with Crippen molar-refractivity contribution in [3.05, 3.63) is 72.1 Å². The second kappa shape index (κ2) is 9.26. The molecule has 1 heterocycles. The fourth-order valence-corrected chi connectivity index (χ4v) is 3.51. The van der Waals surface area contributed by atoms with Crippen LogP contribution in [0.1, 0.15) is 30.9 Å². The van der Waals surface area contributed by atoms with Crippen LogP contribution in [0.4, 0.5) is 8.78 Å². The Hall–Kier alpha value is -2.93. The third-order valence-corrected chi connectivity index (χ3v) is 5.06. The summed E-state index contributed by atoms with van der Waals surface area (Å²) in [7, 11) is 0. The lowest BCUT2D eigenvalue weighted by Gasteiger charge is -2.23. The number of hydrogen-bond donors (Lipinski definition) is 0. The van der Waals surface area contributed by atoms with Gasteiger partial charge >= 0.3 is 6.61 Å². The maximum Gasteiger partial charge on any atom is 0.387 e. The van der Waals surface area contributed by atoms with E-state index in [1.807, 2.05) is 29.9 Å². The van der Waals surface area contributed by atoms with E-state index in [4.69, 9.17) is 4.74 Å². The van der Waals surface area contributed by atoms with E-state index in [-0.39, 0.29) is 5.75 Å². The van der Waals surface area contributed by atoms with Crippen molar-refractivity contribution in [2.75, 3.05) is 6.61 Å². The lowest BCUT2D eigenvalue weighted by atomic mass is 10.1. The van der Waals surface area contributed by atoms with Gasteiger partial charge in [-0.2, -0.15) is 13.9 Å². The molecule has 0 atom stereocenters. The Bertz CT molecular complexity index is 942. The SMILES string of the molecule is CCOc1cc(CN(Cc2ccc(-n3cccn3)cc2)C2CC2)ccc1OC(F)F. The number of hydrogen-bond acceptors (Lipinski definition) is 4. The molecule has 0 radical (unpaired) electrons. The predicted molar refractivity (Wildman–Crippen MR) is 110 cm³/mol. The van der Waals surface area contributed by atoms with Crippen molar-refractivity contribution >= 4 is 0 Å². The molecule has 5 nitrogen and oxygen atoms in total. The number of rotatable bonds is 10. The third-order valence-electron chi connectivity index (χ3n) is 5.06. The molecule has 1 aliphatic rings. The molecule has 0 unspecified atom stereocenters. The van der Waals surface area contributed by atoms with Gasteiger partial charge in [0.15, 0.2) is 11.5 Å². The zero-order chi connectivity index (χ0) is 20.9. The van der Waals surface area contributed by atoms with E-state index in [0.717, 1.165) is 24.3 Å². The van der Waals surface area contributed by atoms with Gasteiger partial charge in [0, 0.05) is 31.5 Å². The van der Waals surface area contributed by atoms with Gasteiger partial charge in [-0.1, -0.05) is 18.2 Å². The van der Waals surface area contributed by atoms with Gasteiger partial charge in [-0.25, -0.2) is 4.68 Å². The molecule has 0 N–H and O–H groups in total. The van der Waals surface area contributed by atoms with Crippen LogP contribution in [0.3, 0.4) is 0 Å². The highest BCUT2D eigenvalue weighted by Crippen LogP contribution is 2.33. The molecular weight excluding hydrogens is 388 g/mol. The molecule has 7 heteroatoms. The summed E-state index contributed by atoms with van der Waals surface area (Å²) < 4.78 is 37.2. The lowest BCUT2D eigenvalue weighted by Crippen LogP contribution is -2.25. The number of nitrogens with zero attached hydrogens (tertiary/aromatic N) is 3. The molecule has 30 heavy (non-hydrogen) atoms. The Morgan fingerprint density at radius 3 is 2.43 bits per heavy atom. The maximum absolute atomic E-state index is 12.6. The van der Waals surface area contributed by atoms with Crippen molar-refractivity contribution < 1.29 is 18.3 Å². The highest BCUT2D eigenvalue weighted by Gasteiger charge is 2.29. The number of aromatic nitrogens is 2. The summed E-state index contributed by atoms with van der Waals surface area (Å²) in [5, 5.41) is 4.26. The summed E-state index contributed by atoms with van der Waals surface area (Å²) in [4.78, 5) is 2.42. The zero-order valence-corrected chi connectivity index (χ0v) is 16.9. The van der Waals surface area contributed by atoms with Gasteiger partial charge in [-0.3, -0.25) is 4.90 Å². The van der Waals surface area contributed by atoms with Gasteiger partial charge < -0.3 is 9.47 Å². The van der Waals surface area contributed by atoms with Gasteiger partial charge in [0.1, 0.15) is 0 Å². The smallest absolute Gasteiger partial charge is 0.387 e. The normalized spacial score (nSPS) is 13.8. The molecule has 158 valence electrons. The van der Waals surface area contributed by atoms with E-state index in [2.05, 4.69) is 39.0 Å². The van der Waals surface area contributed by atoms with Crippen LogP contribution in [-0.2, 0) is 13.1 Å². The van der Waals surface area contributed by atoms with Crippen molar-refractivity contribution in [2.24, 2.45) is 0 Å². The van der Waals surface area contributed by atoms with E-state index >= 15 is 0 Å². The minimum absolute atomic E-state index is 0.0720. The van der Waals surface area contributed by atoms with Crippen molar-refractivity contribution in [2.45, 2.75) is 45.5 Å². The Morgan fingerprint density at radius 2 is 1.80 bits per heavy atom. The molecular formula is C23H25F2N3O2. The van der Waals surface area contributed by atoms with Gasteiger partial charge in [0.05, 0.1) is 12.3 Å². The quantitative estimate of drug-likeness (QED) is 0.467. The molecule has 0 aliphatic heterocycles. The zero-order valence-electron chi connectivity index (χ0n) is 16.9. The predicted octanol–water partition coefficient (Wildman–Crippen LogP) is 5.04. The summed E-state index contributed by atoms with van der Waals surface area (Å²) in [6, 6.07) is 16.0. The van der Waals surface area contributed by atoms with Crippen LogP contribution in [-0.4, -0.2) is 33.9 Å². The largest absolute Gasteiger partial charge is 0.490 e. The van der Waals surface area contributed by atoms with Gasteiger partial charge in [-0.15, -0.1) is 0 Å². The van der Waals surface area contributed by atoms with E-state index < -0.39 is 6.61 Å². The van der Waals surface area contributed by atoms with Crippen LogP contribution in [0.5, 0.6) is 11.5 Å². The van der Waals surface area contributed by atoms with Crippen LogP contribution in [0.15, 0.2) is 60.9 Å². The third kappa shape index (κ3) is 5.16. The molecule has 4 rings (SSSR count). The summed E-state index contributed by atoms with van der Waals surface area (Å²) in [6.45, 7) is 0.882. The van der Waals surface area contributed by atoms with Crippen molar-refractivity contribution in [3.63, 3.8) is 0 Å². The Balaban J connectivity index is 1.47. The Kier molecular flexibility index (Phi) is 6.28. The molecule has 2 aromatic carbocycles. The van der Waals surface area contributed by atoms with Crippen LogP contribution in [0.2, 0.25) is 0 Å². The highest BCUT2D eigenvalue weighted by molar-refractivity contribution is 5.43. The van der Waals surface area contributed by atoms with E-state index in [1.165, 1.54) is 18.4 Å². The van der Waals surface area contributed by atoms with Crippen LogP contribution in [0.25, 0.3) is 5.69 Å².